The van der Waals surface area contributed by atoms with Crippen LogP contribution < -0.4 is 10.6 Å². The zero-order valence-electron chi connectivity index (χ0n) is 14.8. The van der Waals surface area contributed by atoms with E-state index in [-0.39, 0.29) is 5.75 Å². The molecule has 2 aromatic carbocycles. The van der Waals surface area contributed by atoms with Gasteiger partial charge in [0.05, 0.1) is 5.52 Å². The molecule has 0 aliphatic heterocycles. The minimum Gasteiger partial charge on any atom is -0.435 e. The van der Waals surface area contributed by atoms with Gasteiger partial charge >= 0.3 is 6.61 Å². The fourth-order valence-electron chi connectivity index (χ4n) is 2.74. The molecule has 0 unspecified atom stereocenters. The Hall–Kier alpha value is -2.91. The van der Waals surface area contributed by atoms with Crippen LogP contribution in [0.5, 0.6) is 5.75 Å². The number of aromatic nitrogens is 4. The Morgan fingerprint density at radius 3 is 2.62 bits per heavy atom. The molecule has 0 aliphatic rings. The van der Waals surface area contributed by atoms with Gasteiger partial charge in [-0.15, -0.1) is 10.2 Å². The van der Waals surface area contributed by atoms with Crippen molar-refractivity contribution in [2.75, 3.05) is 5.84 Å². The first-order chi connectivity index (χ1) is 14.0. The van der Waals surface area contributed by atoms with Crippen LogP contribution in [0.1, 0.15) is 5.56 Å². The van der Waals surface area contributed by atoms with Crippen LogP contribution in [-0.2, 0) is 5.75 Å². The lowest BCUT2D eigenvalue weighted by atomic mass is 10.2. The number of ether oxygens (including phenoxy) is 1. The number of fused-ring (bicyclic) bond motifs is 1. The number of pyridine rings is 1. The van der Waals surface area contributed by atoms with Crippen LogP contribution in [0.2, 0.25) is 5.15 Å². The van der Waals surface area contributed by atoms with Gasteiger partial charge in [-0.2, -0.15) is 8.78 Å². The van der Waals surface area contributed by atoms with Crippen LogP contribution in [0.25, 0.3) is 22.3 Å². The average Bonchev–Trinajstić information content (AvgIpc) is 3.07. The van der Waals surface area contributed by atoms with Crippen LogP contribution in [0.15, 0.2) is 59.8 Å². The average molecular weight is 434 g/mol. The number of nitrogens with two attached hydrogens (primary N) is 1. The van der Waals surface area contributed by atoms with Crippen molar-refractivity contribution in [1.29, 1.82) is 0 Å². The molecule has 4 aromatic rings. The van der Waals surface area contributed by atoms with Crippen LogP contribution >= 0.6 is 23.4 Å². The van der Waals surface area contributed by atoms with Crippen molar-refractivity contribution < 1.29 is 13.5 Å². The smallest absolute Gasteiger partial charge is 0.387 e. The van der Waals surface area contributed by atoms with Gasteiger partial charge in [0.25, 0.3) is 0 Å². The number of alkyl halides is 2. The van der Waals surface area contributed by atoms with Crippen LogP contribution in [0.3, 0.4) is 0 Å². The molecule has 0 fully saturated rings. The lowest BCUT2D eigenvalue weighted by molar-refractivity contribution is -0.0498. The molecule has 2 aromatic heterocycles. The highest BCUT2D eigenvalue weighted by Crippen LogP contribution is 2.29. The molecule has 0 saturated heterocycles. The quantitative estimate of drug-likeness (QED) is 0.268. The van der Waals surface area contributed by atoms with Gasteiger partial charge in [-0.3, -0.25) is 0 Å². The van der Waals surface area contributed by atoms with Gasteiger partial charge in [-0.05, 0) is 36.4 Å². The highest BCUT2D eigenvalue weighted by atomic mass is 35.5. The molecule has 0 atom stereocenters. The standard InChI is InChI=1S/C19H14ClF2N5OS/c20-16-13(9-12-3-1-2-4-15(12)24-16)10-29-19-26-25-17(27(19)23)11-5-7-14(8-6-11)28-18(21)22/h1-9,18H,10,23H2. The Kier molecular flexibility index (Phi) is 5.50. The van der Waals surface area contributed by atoms with Crippen molar-refractivity contribution in [3.63, 3.8) is 0 Å². The number of hydrogen-bond donors (Lipinski definition) is 1. The highest BCUT2D eigenvalue weighted by Gasteiger charge is 2.14. The zero-order chi connectivity index (χ0) is 20.4. The molecule has 6 nitrogen and oxygen atoms in total. The normalized spacial score (nSPS) is 11.3. The molecule has 0 spiro atoms. The van der Waals surface area contributed by atoms with Crippen molar-refractivity contribution in [2.45, 2.75) is 17.5 Å². The number of para-hydroxylation sites is 1. The molecule has 148 valence electrons. The van der Waals surface area contributed by atoms with Gasteiger partial charge in [0.15, 0.2) is 5.82 Å². The van der Waals surface area contributed by atoms with E-state index < -0.39 is 6.61 Å². The van der Waals surface area contributed by atoms with Gasteiger partial charge in [-0.25, -0.2) is 9.66 Å². The van der Waals surface area contributed by atoms with E-state index in [0.717, 1.165) is 16.5 Å². The molecule has 4 rings (SSSR count). The van der Waals surface area contributed by atoms with Gasteiger partial charge in [0.2, 0.25) is 5.16 Å². The van der Waals surface area contributed by atoms with Crippen LogP contribution in [0.4, 0.5) is 8.78 Å². The molecular weight excluding hydrogens is 420 g/mol. The fraction of sp³-hybridized carbons (Fsp3) is 0.105. The summed E-state index contributed by atoms with van der Waals surface area (Å²) in [6, 6.07) is 15.7. The van der Waals surface area contributed by atoms with E-state index in [1.165, 1.54) is 28.6 Å². The molecule has 0 saturated carbocycles. The maximum Gasteiger partial charge on any atom is 0.387 e. The lowest BCUT2D eigenvalue weighted by Gasteiger charge is -2.07. The SMILES string of the molecule is Nn1c(SCc2cc3ccccc3nc2Cl)nnc1-c1ccc(OC(F)F)cc1. The lowest BCUT2D eigenvalue weighted by Crippen LogP contribution is -2.11. The maximum atomic E-state index is 12.3. The predicted octanol–water partition coefficient (Wildman–Crippen LogP) is 4.75. The molecule has 0 bridgehead atoms. The van der Waals surface area contributed by atoms with Crippen molar-refractivity contribution in [3.05, 3.63) is 65.3 Å². The molecule has 2 heterocycles. The number of nitrogens with zero attached hydrogens (tertiary/aromatic N) is 4. The molecule has 29 heavy (non-hydrogen) atoms. The molecule has 0 aliphatic carbocycles. The third-order valence-electron chi connectivity index (χ3n) is 4.11. The van der Waals surface area contributed by atoms with E-state index in [4.69, 9.17) is 17.4 Å². The summed E-state index contributed by atoms with van der Waals surface area (Å²) in [5.41, 5.74) is 2.31. The van der Waals surface area contributed by atoms with E-state index in [9.17, 15) is 8.78 Å². The molecule has 2 N–H and O–H groups in total. The topological polar surface area (TPSA) is 78.9 Å². The van der Waals surface area contributed by atoms with Crippen molar-refractivity contribution >= 4 is 34.3 Å². The van der Waals surface area contributed by atoms with E-state index in [0.29, 0.717) is 27.5 Å². The van der Waals surface area contributed by atoms with Crippen LogP contribution in [0, 0.1) is 0 Å². The number of nitrogen functional groups attached to an aromatic ring is 1. The molecule has 10 heteroatoms. The molecule has 0 radical (unpaired) electrons. The fourth-order valence-corrected chi connectivity index (χ4v) is 3.86. The molecular formula is C19H14ClF2N5OS. The Balaban J connectivity index is 1.51. The van der Waals surface area contributed by atoms with Crippen molar-refractivity contribution in [3.8, 4) is 17.1 Å². The maximum absolute atomic E-state index is 12.3. The third-order valence-corrected chi connectivity index (χ3v) is 5.43. The number of halogens is 3. The zero-order valence-corrected chi connectivity index (χ0v) is 16.4. The summed E-state index contributed by atoms with van der Waals surface area (Å²) in [6.45, 7) is -2.88. The Bertz CT molecular complexity index is 1150. The predicted molar refractivity (Wildman–Crippen MR) is 109 cm³/mol. The third kappa shape index (κ3) is 4.25. The van der Waals surface area contributed by atoms with E-state index >= 15 is 0 Å². The van der Waals surface area contributed by atoms with E-state index in [1.54, 1.807) is 12.1 Å². The first kappa shape index (κ1) is 19.4. The number of thioether (sulfide) groups is 1. The Labute approximate surface area is 173 Å². The summed E-state index contributed by atoms with van der Waals surface area (Å²) in [5, 5.41) is 10.1. The second kappa shape index (κ2) is 8.22. The van der Waals surface area contributed by atoms with Crippen molar-refractivity contribution in [1.82, 2.24) is 19.9 Å². The van der Waals surface area contributed by atoms with E-state index in [1.807, 2.05) is 30.3 Å². The Morgan fingerprint density at radius 2 is 1.86 bits per heavy atom. The van der Waals surface area contributed by atoms with Gasteiger partial charge in [0, 0.05) is 22.3 Å². The first-order valence-corrected chi connectivity index (χ1v) is 9.80. The highest BCUT2D eigenvalue weighted by molar-refractivity contribution is 7.98. The van der Waals surface area contributed by atoms with Gasteiger partial charge in [-0.1, -0.05) is 41.6 Å². The number of hydrogen-bond acceptors (Lipinski definition) is 6. The van der Waals surface area contributed by atoms with Crippen LogP contribution in [-0.4, -0.2) is 26.5 Å². The summed E-state index contributed by atoms with van der Waals surface area (Å²) < 4.78 is 30.2. The second-order valence-electron chi connectivity index (χ2n) is 6.00. The summed E-state index contributed by atoms with van der Waals surface area (Å²) >= 11 is 7.66. The van der Waals surface area contributed by atoms with Crippen molar-refractivity contribution in [2.24, 2.45) is 0 Å². The largest absolute Gasteiger partial charge is 0.435 e. The minimum absolute atomic E-state index is 0.0554. The summed E-state index contributed by atoms with van der Waals surface area (Å²) in [4.78, 5) is 4.40. The summed E-state index contributed by atoms with van der Waals surface area (Å²) in [6.07, 6.45) is 0. The summed E-state index contributed by atoms with van der Waals surface area (Å²) in [5.74, 6) is 7.08. The number of rotatable bonds is 6. The Morgan fingerprint density at radius 1 is 1.10 bits per heavy atom. The number of benzene rings is 2. The van der Waals surface area contributed by atoms with Gasteiger partial charge < -0.3 is 10.6 Å². The first-order valence-electron chi connectivity index (χ1n) is 8.44. The molecule has 0 amide bonds. The van der Waals surface area contributed by atoms with E-state index in [2.05, 4.69) is 19.9 Å². The second-order valence-corrected chi connectivity index (χ2v) is 7.30. The summed E-state index contributed by atoms with van der Waals surface area (Å²) in [7, 11) is 0. The van der Waals surface area contributed by atoms with Gasteiger partial charge in [0.1, 0.15) is 10.9 Å². The monoisotopic (exact) mass is 433 g/mol. The minimum atomic E-state index is -2.88.